The first-order chi connectivity index (χ1) is 4.56. The zero-order valence-electron chi connectivity index (χ0n) is 6.41. The van der Waals surface area contributed by atoms with Gasteiger partial charge in [0.1, 0.15) is 5.34 Å². The molecule has 10 heavy (non-hydrogen) atoms. The van der Waals surface area contributed by atoms with Crippen LogP contribution >= 0.6 is 8.38 Å². The Hall–Kier alpha value is 0.310. The molecular formula is C6H15O3P. The van der Waals surface area contributed by atoms with E-state index in [0.717, 1.165) is 6.42 Å². The summed E-state index contributed by atoms with van der Waals surface area (Å²) in [7, 11) is -2.20. The normalized spacial score (nSPS) is 17.4. The lowest BCUT2D eigenvalue weighted by molar-refractivity contribution is 0.0937. The van der Waals surface area contributed by atoms with Crippen LogP contribution in [-0.4, -0.2) is 20.2 Å². The highest BCUT2D eigenvalue weighted by molar-refractivity contribution is 7.46. The molecule has 0 aliphatic carbocycles. The molecule has 0 saturated heterocycles. The molecule has 4 heteroatoms. The molecule has 1 atom stereocenters. The minimum atomic E-state index is -2.20. The Bertz CT molecular complexity index is 97.0. The molecule has 0 bridgehead atoms. The maximum atomic E-state index is 9.43. The van der Waals surface area contributed by atoms with Crippen molar-refractivity contribution in [1.29, 1.82) is 0 Å². The number of aliphatic hydroxyl groups is 1. The summed E-state index contributed by atoms with van der Waals surface area (Å²) in [5.41, 5.74) is 0. The molecule has 0 rings (SSSR count). The summed E-state index contributed by atoms with van der Waals surface area (Å²) in [5, 5.41) is 8.19. The van der Waals surface area contributed by atoms with Crippen molar-refractivity contribution in [2.45, 2.75) is 38.5 Å². The van der Waals surface area contributed by atoms with Crippen LogP contribution < -0.4 is 0 Å². The van der Waals surface area contributed by atoms with Gasteiger partial charge < -0.3 is 14.9 Å². The summed E-state index contributed by atoms with van der Waals surface area (Å²) in [6.45, 7) is 3.65. The van der Waals surface area contributed by atoms with Crippen LogP contribution in [0.5, 0.6) is 0 Å². The van der Waals surface area contributed by atoms with Gasteiger partial charge in [-0.05, 0) is 12.8 Å². The Morgan fingerprint density at radius 3 is 1.90 bits per heavy atom. The molecule has 0 spiro atoms. The summed E-state index contributed by atoms with van der Waals surface area (Å²) >= 11 is 0. The molecule has 3 nitrogen and oxygen atoms in total. The van der Waals surface area contributed by atoms with Crippen LogP contribution in [0.25, 0.3) is 0 Å². The minimum Gasteiger partial charge on any atom is -0.381 e. The van der Waals surface area contributed by atoms with Gasteiger partial charge >= 0.3 is 0 Å². The van der Waals surface area contributed by atoms with Crippen molar-refractivity contribution in [3.63, 3.8) is 0 Å². The van der Waals surface area contributed by atoms with Gasteiger partial charge in [0.2, 0.25) is 0 Å². The van der Waals surface area contributed by atoms with Crippen LogP contribution in [0, 0.1) is 0 Å². The SMILES string of the molecule is CCCC(O)(CC)P(O)O. The first-order valence-electron chi connectivity index (χ1n) is 3.47. The fourth-order valence-corrected chi connectivity index (χ4v) is 1.53. The molecule has 0 aliphatic rings. The van der Waals surface area contributed by atoms with Gasteiger partial charge in [-0.15, -0.1) is 0 Å². The molecule has 0 aliphatic heterocycles. The van der Waals surface area contributed by atoms with Gasteiger partial charge in [0, 0.05) is 0 Å². The van der Waals surface area contributed by atoms with Crippen LogP contribution in [0.4, 0.5) is 0 Å². The van der Waals surface area contributed by atoms with Crippen molar-refractivity contribution in [1.82, 2.24) is 0 Å². The third-order valence-corrected chi connectivity index (χ3v) is 2.87. The second kappa shape index (κ2) is 4.24. The third-order valence-electron chi connectivity index (χ3n) is 1.59. The van der Waals surface area contributed by atoms with E-state index in [2.05, 4.69) is 0 Å². The van der Waals surface area contributed by atoms with Gasteiger partial charge in [0.05, 0.1) is 0 Å². The zero-order chi connectivity index (χ0) is 8.20. The van der Waals surface area contributed by atoms with E-state index in [0.29, 0.717) is 12.8 Å². The largest absolute Gasteiger partial charge is 0.381 e. The van der Waals surface area contributed by atoms with E-state index < -0.39 is 13.7 Å². The smallest absolute Gasteiger partial charge is 0.199 e. The van der Waals surface area contributed by atoms with Gasteiger partial charge in [-0.3, -0.25) is 0 Å². The summed E-state index contributed by atoms with van der Waals surface area (Å²) in [6.07, 6.45) is 1.63. The summed E-state index contributed by atoms with van der Waals surface area (Å²) in [4.78, 5) is 17.5. The highest BCUT2D eigenvalue weighted by Crippen LogP contribution is 2.45. The molecule has 62 valence electrons. The Morgan fingerprint density at radius 1 is 1.30 bits per heavy atom. The lowest BCUT2D eigenvalue weighted by Crippen LogP contribution is -2.24. The molecule has 1 unspecified atom stereocenters. The molecule has 0 aromatic heterocycles. The van der Waals surface area contributed by atoms with Crippen LogP contribution in [0.2, 0.25) is 0 Å². The Labute approximate surface area is 62.6 Å². The fraction of sp³-hybridized carbons (Fsp3) is 1.00. The van der Waals surface area contributed by atoms with Gasteiger partial charge in [0.25, 0.3) is 0 Å². The van der Waals surface area contributed by atoms with E-state index in [1.807, 2.05) is 6.92 Å². The molecule has 0 aromatic rings. The Balaban J connectivity index is 3.94. The van der Waals surface area contributed by atoms with Crippen molar-refractivity contribution in [2.24, 2.45) is 0 Å². The van der Waals surface area contributed by atoms with E-state index in [1.54, 1.807) is 6.92 Å². The van der Waals surface area contributed by atoms with Gasteiger partial charge in [0.15, 0.2) is 8.38 Å². The summed E-state index contributed by atoms with van der Waals surface area (Å²) in [6, 6.07) is 0. The zero-order valence-corrected chi connectivity index (χ0v) is 7.30. The highest BCUT2D eigenvalue weighted by atomic mass is 31.2. The van der Waals surface area contributed by atoms with Crippen LogP contribution in [0.3, 0.4) is 0 Å². The quantitative estimate of drug-likeness (QED) is 0.549. The fourth-order valence-electron chi connectivity index (χ4n) is 0.819. The van der Waals surface area contributed by atoms with Crippen molar-refractivity contribution >= 4 is 8.38 Å². The van der Waals surface area contributed by atoms with Crippen molar-refractivity contribution in [3.05, 3.63) is 0 Å². The molecule has 0 amide bonds. The molecular weight excluding hydrogens is 151 g/mol. The molecule has 3 N–H and O–H groups in total. The second-order valence-corrected chi connectivity index (χ2v) is 3.79. The van der Waals surface area contributed by atoms with Crippen LogP contribution in [0.15, 0.2) is 0 Å². The molecule has 0 fully saturated rings. The van der Waals surface area contributed by atoms with E-state index in [9.17, 15) is 5.11 Å². The Morgan fingerprint density at radius 2 is 1.80 bits per heavy atom. The third kappa shape index (κ3) is 2.51. The van der Waals surface area contributed by atoms with E-state index in [4.69, 9.17) is 9.79 Å². The molecule has 0 aromatic carbocycles. The molecule has 0 heterocycles. The Kier molecular flexibility index (Phi) is 4.37. The van der Waals surface area contributed by atoms with Crippen LogP contribution in [-0.2, 0) is 0 Å². The number of rotatable bonds is 4. The second-order valence-electron chi connectivity index (χ2n) is 2.38. The molecule has 0 saturated carbocycles. The maximum Gasteiger partial charge on any atom is 0.199 e. The highest BCUT2D eigenvalue weighted by Gasteiger charge is 2.32. The average molecular weight is 166 g/mol. The monoisotopic (exact) mass is 166 g/mol. The summed E-state index contributed by atoms with van der Waals surface area (Å²) in [5.74, 6) is 0. The number of hydrogen-bond donors (Lipinski definition) is 3. The van der Waals surface area contributed by atoms with E-state index in [1.165, 1.54) is 0 Å². The molecule has 0 radical (unpaired) electrons. The first-order valence-corrected chi connectivity index (χ1v) is 4.72. The standard InChI is InChI=1S/C6H15O3P/c1-3-5-6(7,4-2)10(8)9/h7-9H,3-5H2,1-2H3. The van der Waals surface area contributed by atoms with Crippen molar-refractivity contribution in [2.75, 3.05) is 0 Å². The topological polar surface area (TPSA) is 60.7 Å². The predicted molar refractivity (Wildman–Crippen MR) is 41.5 cm³/mol. The average Bonchev–Trinajstić information content (AvgIpc) is 1.88. The predicted octanol–water partition coefficient (Wildman–Crippen LogP) is 1.18. The summed E-state index contributed by atoms with van der Waals surface area (Å²) < 4.78 is 0. The maximum absolute atomic E-state index is 9.43. The van der Waals surface area contributed by atoms with Gasteiger partial charge in [-0.1, -0.05) is 20.3 Å². The number of hydrogen-bond acceptors (Lipinski definition) is 3. The van der Waals surface area contributed by atoms with Gasteiger partial charge in [-0.25, -0.2) is 0 Å². The first kappa shape index (κ1) is 10.3. The van der Waals surface area contributed by atoms with E-state index >= 15 is 0 Å². The van der Waals surface area contributed by atoms with Gasteiger partial charge in [-0.2, -0.15) is 0 Å². The lowest BCUT2D eigenvalue weighted by atomic mass is 10.1. The minimum absolute atomic E-state index is 0.402. The van der Waals surface area contributed by atoms with E-state index in [-0.39, 0.29) is 0 Å². The van der Waals surface area contributed by atoms with Crippen LogP contribution in [0.1, 0.15) is 33.1 Å². The van der Waals surface area contributed by atoms with Crippen molar-refractivity contribution in [3.8, 4) is 0 Å². The lowest BCUT2D eigenvalue weighted by Gasteiger charge is -2.26. The van der Waals surface area contributed by atoms with Crippen molar-refractivity contribution < 1.29 is 14.9 Å².